The number of carbonyl (C=O) groups is 1. The molecule has 1 saturated heterocycles. The Balaban J connectivity index is 1.74. The van der Waals surface area contributed by atoms with E-state index in [0.717, 1.165) is 48.3 Å². The van der Waals surface area contributed by atoms with Crippen molar-refractivity contribution in [1.82, 2.24) is 24.6 Å². The average Bonchev–Trinajstić information content (AvgIpc) is 3.09. The Morgan fingerprint density at radius 3 is 2.71 bits per heavy atom. The summed E-state index contributed by atoms with van der Waals surface area (Å²) in [6.45, 7) is 8.20. The SMILES string of the molecule is C=CCn1c(COC)nnc1SCc1ccccc1C(=O)N1CCN(C)CC1. The number of hydrogen-bond donors (Lipinski definition) is 0. The molecule has 3 rings (SSSR count). The lowest BCUT2D eigenvalue weighted by Gasteiger charge is -2.32. The molecule has 0 spiro atoms. The van der Waals surface area contributed by atoms with Crippen LogP contribution in [0.3, 0.4) is 0 Å². The minimum Gasteiger partial charge on any atom is -0.377 e. The van der Waals surface area contributed by atoms with E-state index in [1.165, 1.54) is 0 Å². The van der Waals surface area contributed by atoms with Crippen molar-refractivity contribution in [3.63, 3.8) is 0 Å². The zero-order chi connectivity index (χ0) is 19.9. The molecular weight excluding hydrogens is 374 g/mol. The molecule has 1 amide bonds. The van der Waals surface area contributed by atoms with Crippen LogP contribution in [-0.2, 0) is 23.6 Å². The Bertz CT molecular complexity index is 815. The fraction of sp³-hybridized carbons (Fsp3) is 0.450. The van der Waals surface area contributed by atoms with Crippen LogP contribution in [0.15, 0.2) is 42.1 Å². The van der Waals surface area contributed by atoms with Crippen LogP contribution in [-0.4, -0.2) is 70.8 Å². The molecule has 2 aromatic rings. The van der Waals surface area contributed by atoms with Crippen molar-refractivity contribution in [2.45, 2.75) is 24.1 Å². The minimum absolute atomic E-state index is 0.108. The van der Waals surface area contributed by atoms with Gasteiger partial charge in [0, 0.05) is 51.1 Å². The van der Waals surface area contributed by atoms with E-state index in [4.69, 9.17) is 4.74 Å². The van der Waals surface area contributed by atoms with Gasteiger partial charge < -0.3 is 19.1 Å². The number of hydrogen-bond acceptors (Lipinski definition) is 6. The van der Waals surface area contributed by atoms with Crippen molar-refractivity contribution in [3.8, 4) is 0 Å². The number of thioether (sulfide) groups is 1. The Kier molecular flexibility index (Phi) is 7.24. The molecule has 150 valence electrons. The van der Waals surface area contributed by atoms with E-state index in [9.17, 15) is 4.79 Å². The third kappa shape index (κ3) is 4.81. The quantitative estimate of drug-likeness (QED) is 0.500. The van der Waals surface area contributed by atoms with E-state index in [-0.39, 0.29) is 5.91 Å². The van der Waals surface area contributed by atoms with Gasteiger partial charge in [0.1, 0.15) is 6.61 Å². The summed E-state index contributed by atoms with van der Waals surface area (Å²) in [4.78, 5) is 17.2. The second kappa shape index (κ2) is 9.86. The number of carbonyl (C=O) groups excluding carboxylic acids is 1. The van der Waals surface area contributed by atoms with Crippen LogP contribution in [0.25, 0.3) is 0 Å². The van der Waals surface area contributed by atoms with Gasteiger partial charge in [0.25, 0.3) is 5.91 Å². The predicted molar refractivity (Wildman–Crippen MR) is 110 cm³/mol. The van der Waals surface area contributed by atoms with Crippen molar-refractivity contribution >= 4 is 17.7 Å². The molecule has 0 radical (unpaired) electrons. The number of amides is 1. The van der Waals surface area contributed by atoms with E-state index in [1.54, 1.807) is 18.9 Å². The average molecular weight is 402 g/mol. The molecule has 1 aromatic carbocycles. The van der Waals surface area contributed by atoms with Crippen molar-refractivity contribution in [2.24, 2.45) is 0 Å². The maximum atomic E-state index is 13.0. The monoisotopic (exact) mass is 401 g/mol. The van der Waals surface area contributed by atoms with Gasteiger partial charge in [-0.1, -0.05) is 36.0 Å². The summed E-state index contributed by atoms with van der Waals surface area (Å²) in [5.74, 6) is 1.53. The Morgan fingerprint density at radius 1 is 1.25 bits per heavy atom. The lowest BCUT2D eigenvalue weighted by Crippen LogP contribution is -2.47. The second-order valence-electron chi connectivity index (χ2n) is 6.77. The zero-order valence-electron chi connectivity index (χ0n) is 16.5. The number of likely N-dealkylation sites (N-methyl/N-ethyl adjacent to an activating group) is 1. The van der Waals surface area contributed by atoms with Gasteiger partial charge in [0.2, 0.25) is 0 Å². The first-order valence-corrected chi connectivity index (χ1v) is 10.3. The maximum absolute atomic E-state index is 13.0. The third-order valence-electron chi connectivity index (χ3n) is 4.77. The number of benzene rings is 1. The number of allylic oxidation sites excluding steroid dienone is 1. The van der Waals surface area contributed by atoms with Crippen LogP contribution >= 0.6 is 11.8 Å². The molecule has 7 nitrogen and oxygen atoms in total. The molecule has 0 saturated carbocycles. The van der Waals surface area contributed by atoms with Crippen LogP contribution in [0, 0.1) is 0 Å². The van der Waals surface area contributed by atoms with Gasteiger partial charge in [0.05, 0.1) is 0 Å². The first-order chi connectivity index (χ1) is 13.6. The lowest BCUT2D eigenvalue weighted by molar-refractivity contribution is 0.0663. The molecule has 0 atom stereocenters. The minimum atomic E-state index is 0.108. The summed E-state index contributed by atoms with van der Waals surface area (Å²) in [7, 11) is 3.73. The third-order valence-corrected chi connectivity index (χ3v) is 5.79. The van der Waals surface area contributed by atoms with E-state index >= 15 is 0 Å². The topological polar surface area (TPSA) is 63.5 Å². The summed E-state index contributed by atoms with van der Waals surface area (Å²) in [5.41, 5.74) is 1.78. The highest BCUT2D eigenvalue weighted by Crippen LogP contribution is 2.25. The smallest absolute Gasteiger partial charge is 0.254 e. The fourth-order valence-electron chi connectivity index (χ4n) is 3.15. The molecular formula is C20H27N5O2S. The number of nitrogens with zero attached hydrogens (tertiary/aromatic N) is 5. The highest BCUT2D eigenvalue weighted by Gasteiger charge is 2.22. The second-order valence-corrected chi connectivity index (χ2v) is 7.71. The summed E-state index contributed by atoms with van der Waals surface area (Å²) >= 11 is 1.57. The van der Waals surface area contributed by atoms with Gasteiger partial charge in [-0.25, -0.2) is 0 Å². The lowest BCUT2D eigenvalue weighted by atomic mass is 10.1. The van der Waals surface area contributed by atoms with Crippen molar-refractivity contribution in [3.05, 3.63) is 53.9 Å². The largest absolute Gasteiger partial charge is 0.377 e. The van der Waals surface area contributed by atoms with Gasteiger partial charge in [0.15, 0.2) is 11.0 Å². The normalized spacial score (nSPS) is 15.0. The fourth-order valence-corrected chi connectivity index (χ4v) is 4.12. The Hall–Kier alpha value is -2.16. The summed E-state index contributed by atoms with van der Waals surface area (Å²) in [6, 6.07) is 7.83. The maximum Gasteiger partial charge on any atom is 0.254 e. The van der Waals surface area contributed by atoms with Crippen LogP contribution < -0.4 is 0 Å². The highest BCUT2D eigenvalue weighted by molar-refractivity contribution is 7.98. The molecule has 8 heteroatoms. The van der Waals surface area contributed by atoms with E-state index in [2.05, 4.69) is 28.7 Å². The molecule has 1 fully saturated rings. The predicted octanol–water partition coefficient (Wildman–Crippen LogP) is 2.29. The Labute approximate surface area is 170 Å². The molecule has 28 heavy (non-hydrogen) atoms. The number of piperazine rings is 1. The molecule has 1 aromatic heterocycles. The first-order valence-electron chi connectivity index (χ1n) is 9.34. The molecule has 0 aliphatic carbocycles. The number of rotatable bonds is 8. The van der Waals surface area contributed by atoms with Crippen LogP contribution in [0.5, 0.6) is 0 Å². The molecule has 0 bridgehead atoms. The van der Waals surface area contributed by atoms with E-state index in [0.29, 0.717) is 18.9 Å². The first kappa shape index (κ1) is 20.6. The van der Waals surface area contributed by atoms with Gasteiger partial charge in [-0.15, -0.1) is 16.8 Å². The molecule has 1 aliphatic heterocycles. The number of aromatic nitrogens is 3. The molecule has 2 heterocycles. The number of methoxy groups -OCH3 is 1. The Morgan fingerprint density at radius 2 is 2.00 bits per heavy atom. The van der Waals surface area contributed by atoms with Gasteiger partial charge >= 0.3 is 0 Å². The zero-order valence-corrected chi connectivity index (χ0v) is 17.3. The van der Waals surface area contributed by atoms with Crippen LogP contribution in [0.4, 0.5) is 0 Å². The van der Waals surface area contributed by atoms with Gasteiger partial charge in [-0.2, -0.15) is 0 Å². The standard InChI is InChI=1S/C20H27N5O2S/c1-4-9-25-18(14-27-3)21-22-20(25)28-15-16-7-5-6-8-17(16)19(26)24-12-10-23(2)11-13-24/h4-8H,1,9-15H2,2-3H3. The summed E-state index contributed by atoms with van der Waals surface area (Å²) in [5, 5.41) is 9.30. The van der Waals surface area contributed by atoms with E-state index in [1.807, 2.05) is 39.8 Å². The highest BCUT2D eigenvalue weighted by atomic mass is 32.2. The summed E-state index contributed by atoms with van der Waals surface area (Å²) < 4.78 is 7.19. The molecule has 0 N–H and O–H groups in total. The summed E-state index contributed by atoms with van der Waals surface area (Å²) in [6.07, 6.45) is 1.82. The van der Waals surface area contributed by atoms with E-state index < -0.39 is 0 Å². The van der Waals surface area contributed by atoms with Crippen molar-refractivity contribution in [2.75, 3.05) is 40.3 Å². The van der Waals surface area contributed by atoms with Gasteiger partial charge in [-0.05, 0) is 18.7 Å². The van der Waals surface area contributed by atoms with Crippen molar-refractivity contribution < 1.29 is 9.53 Å². The van der Waals surface area contributed by atoms with Gasteiger partial charge in [-0.3, -0.25) is 4.79 Å². The number of ether oxygens (including phenoxy) is 1. The van der Waals surface area contributed by atoms with Crippen molar-refractivity contribution in [1.29, 1.82) is 0 Å². The van der Waals surface area contributed by atoms with Crippen LogP contribution in [0.2, 0.25) is 0 Å². The van der Waals surface area contributed by atoms with Crippen LogP contribution in [0.1, 0.15) is 21.7 Å². The molecule has 1 aliphatic rings. The molecule has 0 unspecified atom stereocenters.